The summed E-state index contributed by atoms with van der Waals surface area (Å²) in [5.74, 6) is -2.40. The third-order valence-corrected chi connectivity index (χ3v) is 6.96. The Morgan fingerprint density at radius 2 is 1.14 bits per heavy atom. The van der Waals surface area contributed by atoms with Crippen LogP contribution in [-0.4, -0.2) is 59.4 Å². The third kappa shape index (κ3) is 9.20. The molecule has 1 heterocycles. The van der Waals surface area contributed by atoms with Crippen molar-refractivity contribution in [2.45, 2.75) is 37.4 Å². The van der Waals surface area contributed by atoms with Gasteiger partial charge in [0, 0.05) is 24.3 Å². The number of hydrogen-bond acceptors (Lipinski definition) is 6. The second-order valence-corrected chi connectivity index (χ2v) is 10.5. The van der Waals surface area contributed by atoms with E-state index in [9.17, 15) is 24.3 Å². The molecule has 12 nitrogen and oxygen atoms in total. The molecular formula is C30H32ClN7O5. The summed E-state index contributed by atoms with van der Waals surface area (Å²) in [5.41, 5.74) is 13.4. The van der Waals surface area contributed by atoms with E-state index in [0.29, 0.717) is 21.8 Å². The van der Waals surface area contributed by atoms with E-state index in [0.717, 1.165) is 5.56 Å². The van der Waals surface area contributed by atoms with Gasteiger partial charge in [-0.3, -0.25) is 19.2 Å². The molecular weight excluding hydrogens is 574 g/mol. The van der Waals surface area contributed by atoms with E-state index in [-0.39, 0.29) is 31.0 Å². The van der Waals surface area contributed by atoms with Crippen LogP contribution in [0.15, 0.2) is 77.8 Å². The number of amides is 4. The summed E-state index contributed by atoms with van der Waals surface area (Å²) in [6, 6.07) is 16.5. The van der Waals surface area contributed by atoms with Gasteiger partial charge in [-0.2, -0.15) is 0 Å². The van der Waals surface area contributed by atoms with Crippen molar-refractivity contribution in [2.24, 2.45) is 16.5 Å². The van der Waals surface area contributed by atoms with E-state index in [2.05, 4.69) is 26.3 Å². The van der Waals surface area contributed by atoms with Crippen molar-refractivity contribution in [3.8, 4) is 5.75 Å². The minimum absolute atomic E-state index is 0.0456. The Balaban J connectivity index is 1.60. The van der Waals surface area contributed by atoms with Crippen LogP contribution < -0.4 is 32.7 Å². The fourth-order valence-electron chi connectivity index (χ4n) is 4.52. The average Bonchev–Trinajstić information content (AvgIpc) is 2.97. The molecule has 0 spiro atoms. The van der Waals surface area contributed by atoms with Gasteiger partial charge in [0.05, 0.1) is 12.2 Å². The highest BCUT2D eigenvalue weighted by Gasteiger charge is 2.31. The summed E-state index contributed by atoms with van der Waals surface area (Å²) in [7, 11) is 0. The molecule has 1 fully saturated rings. The fraction of sp³-hybridized carbons (Fsp3) is 0.233. The second kappa shape index (κ2) is 14.2. The summed E-state index contributed by atoms with van der Waals surface area (Å²) in [5, 5.41) is 20.9. The molecule has 0 aliphatic carbocycles. The van der Waals surface area contributed by atoms with E-state index in [4.69, 9.17) is 23.1 Å². The second-order valence-electron chi connectivity index (χ2n) is 10.1. The molecule has 0 radical (unpaired) electrons. The zero-order valence-corrected chi connectivity index (χ0v) is 23.8. The maximum atomic E-state index is 13.6. The molecule has 13 heteroatoms. The first-order valence-corrected chi connectivity index (χ1v) is 13.8. The van der Waals surface area contributed by atoms with Crippen LogP contribution in [0.3, 0.4) is 0 Å². The number of carbonyl (C=O) groups is 4. The lowest BCUT2D eigenvalue weighted by atomic mass is 10.0. The monoisotopic (exact) mass is 605 g/mol. The first-order valence-electron chi connectivity index (χ1n) is 13.4. The van der Waals surface area contributed by atoms with Crippen LogP contribution >= 0.6 is 11.6 Å². The number of nitrogens with zero attached hydrogens (tertiary/aromatic N) is 1. The highest BCUT2D eigenvalue weighted by Crippen LogP contribution is 2.16. The molecule has 3 atom stereocenters. The number of nitrogens with one attached hydrogen (secondary N) is 4. The highest BCUT2D eigenvalue weighted by atomic mass is 35.5. The summed E-state index contributed by atoms with van der Waals surface area (Å²) in [6.45, 7) is -0.407. The molecule has 0 aromatic heterocycles. The average molecular weight is 606 g/mol. The number of nitrogens with two attached hydrogens (primary N) is 2. The van der Waals surface area contributed by atoms with Crippen LogP contribution in [0.2, 0.25) is 5.02 Å². The van der Waals surface area contributed by atoms with Crippen molar-refractivity contribution in [2.75, 3.05) is 6.54 Å². The minimum Gasteiger partial charge on any atom is -0.508 e. The number of carbonyl (C=O) groups excluding carboxylic acids is 4. The van der Waals surface area contributed by atoms with E-state index >= 15 is 0 Å². The normalized spacial score (nSPS) is 19.5. The van der Waals surface area contributed by atoms with Gasteiger partial charge in [-0.1, -0.05) is 48.0 Å². The van der Waals surface area contributed by atoms with E-state index < -0.39 is 48.3 Å². The van der Waals surface area contributed by atoms with Gasteiger partial charge in [-0.05, 0) is 53.1 Å². The van der Waals surface area contributed by atoms with Crippen LogP contribution in [0.25, 0.3) is 0 Å². The van der Waals surface area contributed by atoms with Gasteiger partial charge in [-0.15, -0.1) is 0 Å². The first kappa shape index (κ1) is 30.8. The Morgan fingerprint density at radius 1 is 0.698 bits per heavy atom. The maximum Gasteiger partial charge on any atom is 0.243 e. The number of hydrogen-bond donors (Lipinski definition) is 7. The molecule has 9 N–H and O–H groups in total. The summed E-state index contributed by atoms with van der Waals surface area (Å²) >= 11 is 5.99. The Kier molecular flexibility index (Phi) is 10.2. The molecule has 0 unspecified atom stereocenters. The highest BCUT2D eigenvalue weighted by molar-refractivity contribution is 6.30. The number of guanidine groups is 1. The van der Waals surface area contributed by atoms with Gasteiger partial charge in [0.1, 0.15) is 23.9 Å². The summed E-state index contributed by atoms with van der Waals surface area (Å²) in [6.07, 6.45) is 0.260. The molecule has 0 saturated carbocycles. The van der Waals surface area contributed by atoms with Gasteiger partial charge in [0.2, 0.25) is 23.6 Å². The van der Waals surface area contributed by atoms with Crippen molar-refractivity contribution in [1.82, 2.24) is 21.3 Å². The third-order valence-electron chi connectivity index (χ3n) is 6.70. The number of halogens is 1. The van der Waals surface area contributed by atoms with Gasteiger partial charge < -0.3 is 37.8 Å². The molecule has 224 valence electrons. The number of aliphatic imine (C=N–C) groups is 1. The Bertz CT molecular complexity index is 1490. The number of rotatable bonds is 7. The minimum atomic E-state index is -1.11. The largest absolute Gasteiger partial charge is 0.508 e. The van der Waals surface area contributed by atoms with Crippen LogP contribution in [0, 0.1) is 0 Å². The van der Waals surface area contributed by atoms with Crippen molar-refractivity contribution in [3.05, 3.63) is 94.5 Å². The smallest absolute Gasteiger partial charge is 0.243 e. The number of aromatic hydroxyl groups is 1. The van der Waals surface area contributed by atoms with Gasteiger partial charge >= 0.3 is 0 Å². The van der Waals surface area contributed by atoms with Crippen LogP contribution in [0.5, 0.6) is 5.75 Å². The Morgan fingerprint density at radius 3 is 1.65 bits per heavy atom. The molecule has 3 aromatic carbocycles. The van der Waals surface area contributed by atoms with Crippen LogP contribution in [-0.2, 0) is 38.4 Å². The van der Waals surface area contributed by atoms with Crippen molar-refractivity contribution < 1.29 is 24.3 Å². The molecule has 1 aliphatic heterocycles. The number of phenolic OH excluding ortho intramolecular Hbond substituents is 1. The molecule has 0 bridgehead atoms. The first-order chi connectivity index (χ1) is 20.5. The molecule has 43 heavy (non-hydrogen) atoms. The predicted octanol–water partition coefficient (Wildman–Crippen LogP) is 0.563. The Hall–Kier alpha value is -5.10. The van der Waals surface area contributed by atoms with Crippen LogP contribution in [0.1, 0.15) is 16.7 Å². The molecule has 3 aromatic rings. The summed E-state index contributed by atoms with van der Waals surface area (Å²) in [4.78, 5) is 57.2. The zero-order valence-electron chi connectivity index (χ0n) is 23.0. The van der Waals surface area contributed by atoms with Crippen molar-refractivity contribution in [1.29, 1.82) is 0 Å². The lowest BCUT2D eigenvalue weighted by Gasteiger charge is -2.27. The van der Waals surface area contributed by atoms with Crippen LogP contribution in [0.4, 0.5) is 5.69 Å². The molecule has 1 saturated heterocycles. The molecule has 4 amide bonds. The summed E-state index contributed by atoms with van der Waals surface area (Å²) < 4.78 is 0. The number of benzene rings is 3. The SMILES string of the molecule is NC(N)=Nc1ccc(C[C@@H]2NC(=O)[C@H](Cc3ccc(O)cc3)NC(=O)[C@H](Cc3ccc(Cl)cc3)NC(=O)CNC2=O)cc1. The zero-order chi connectivity index (χ0) is 30.9. The maximum absolute atomic E-state index is 13.6. The van der Waals surface area contributed by atoms with Gasteiger partial charge in [0.15, 0.2) is 5.96 Å². The van der Waals surface area contributed by atoms with Gasteiger partial charge in [-0.25, -0.2) is 4.99 Å². The standard InChI is InChI=1S/C30H32ClN7O5/c31-20-7-1-17(2-8-20)14-24-28(42)38-25(15-19-5-11-22(39)12-6-19)29(43)37-23(27(41)34-16-26(40)36-24)13-18-3-9-21(10-4-18)35-30(32)33/h1-12,23-25,39H,13-16H2,(H,34,41)(H,36,40)(H,37,43)(H,38,42)(H4,32,33,35)/t23-,24-,25-/m0/s1. The lowest BCUT2D eigenvalue weighted by Crippen LogP contribution is -2.60. The fourth-order valence-corrected chi connectivity index (χ4v) is 4.65. The molecule has 1 aliphatic rings. The van der Waals surface area contributed by atoms with E-state index in [1.165, 1.54) is 12.1 Å². The number of phenols is 1. The van der Waals surface area contributed by atoms with Gasteiger partial charge in [0.25, 0.3) is 0 Å². The predicted molar refractivity (Wildman–Crippen MR) is 161 cm³/mol. The van der Waals surface area contributed by atoms with Crippen molar-refractivity contribution in [3.63, 3.8) is 0 Å². The van der Waals surface area contributed by atoms with E-state index in [1.807, 2.05) is 0 Å². The van der Waals surface area contributed by atoms with Crippen molar-refractivity contribution >= 4 is 46.9 Å². The molecule has 4 rings (SSSR count). The Labute approximate surface area is 252 Å². The lowest BCUT2D eigenvalue weighted by molar-refractivity contribution is -0.135. The van der Waals surface area contributed by atoms with E-state index in [1.54, 1.807) is 60.7 Å². The quantitative estimate of drug-likeness (QED) is 0.151. The topological polar surface area (TPSA) is 201 Å².